The lowest BCUT2D eigenvalue weighted by Gasteiger charge is -2.14. The number of nitrogens with two attached hydrogens (primary N) is 1. The van der Waals surface area contributed by atoms with E-state index >= 15 is 0 Å². The van der Waals surface area contributed by atoms with Gasteiger partial charge in [0.05, 0.1) is 0 Å². The predicted molar refractivity (Wildman–Crippen MR) is 80.0 cm³/mol. The van der Waals surface area contributed by atoms with Gasteiger partial charge < -0.3 is 15.8 Å². The summed E-state index contributed by atoms with van der Waals surface area (Å²) in [6, 6.07) is 11.5. The first-order chi connectivity index (χ1) is 10.5. The molecule has 0 radical (unpaired) electrons. The van der Waals surface area contributed by atoms with Crippen LogP contribution < -0.4 is 15.8 Å². The molecule has 0 unspecified atom stereocenters. The molecule has 0 aliphatic heterocycles. The average Bonchev–Trinajstić information content (AvgIpc) is 2.48. The van der Waals surface area contributed by atoms with Crippen molar-refractivity contribution in [2.75, 3.05) is 5.32 Å². The van der Waals surface area contributed by atoms with Crippen LogP contribution in [0.2, 0.25) is 0 Å². The van der Waals surface area contributed by atoms with Crippen LogP contribution in [0.5, 0.6) is 5.75 Å². The molecule has 2 amide bonds. The van der Waals surface area contributed by atoms with Gasteiger partial charge in [-0.2, -0.15) is 0 Å². The Labute approximate surface area is 126 Å². The number of ether oxygens (including phenoxy) is 1. The Hall–Kier alpha value is -2.89. The summed E-state index contributed by atoms with van der Waals surface area (Å²) >= 11 is 0. The second-order valence-corrected chi connectivity index (χ2v) is 4.65. The topological polar surface area (TPSA) is 81.4 Å². The quantitative estimate of drug-likeness (QED) is 0.890. The number of primary amides is 1. The highest BCUT2D eigenvalue weighted by atomic mass is 19.1. The fraction of sp³-hybridized carbons (Fsp3) is 0.125. The molecule has 0 saturated carbocycles. The molecule has 3 N–H and O–H groups in total. The van der Waals surface area contributed by atoms with Crippen LogP contribution in [0, 0.1) is 5.82 Å². The van der Waals surface area contributed by atoms with Gasteiger partial charge in [0, 0.05) is 12.5 Å². The third kappa shape index (κ3) is 3.82. The fourth-order valence-corrected chi connectivity index (χ4v) is 1.87. The van der Waals surface area contributed by atoms with Crippen LogP contribution in [0.25, 0.3) is 0 Å². The molecule has 0 aliphatic carbocycles. The third-order valence-electron chi connectivity index (χ3n) is 2.88. The van der Waals surface area contributed by atoms with Crippen molar-refractivity contribution in [3.05, 3.63) is 59.4 Å². The van der Waals surface area contributed by atoms with Crippen LogP contribution in [0.3, 0.4) is 0 Å². The maximum Gasteiger partial charge on any atom is 0.248 e. The minimum Gasteiger partial charge on any atom is -0.487 e. The number of amides is 2. The van der Waals surface area contributed by atoms with Crippen molar-refractivity contribution in [2.24, 2.45) is 5.73 Å². The Bertz CT molecular complexity index is 702. The van der Waals surface area contributed by atoms with E-state index in [1.165, 1.54) is 13.0 Å². The van der Waals surface area contributed by atoms with Gasteiger partial charge in [0.15, 0.2) is 5.82 Å². The number of nitrogens with one attached hydrogen (secondary N) is 1. The maximum absolute atomic E-state index is 14.1. The monoisotopic (exact) mass is 302 g/mol. The number of benzene rings is 2. The van der Waals surface area contributed by atoms with Crippen LogP contribution in [0.4, 0.5) is 10.1 Å². The zero-order valence-electron chi connectivity index (χ0n) is 11.9. The summed E-state index contributed by atoms with van der Waals surface area (Å²) in [6.45, 7) is 1.41. The van der Waals surface area contributed by atoms with Crippen molar-refractivity contribution in [1.29, 1.82) is 0 Å². The molecule has 114 valence electrons. The number of hydrogen-bond acceptors (Lipinski definition) is 3. The van der Waals surface area contributed by atoms with E-state index in [2.05, 4.69) is 5.32 Å². The van der Waals surface area contributed by atoms with Crippen LogP contribution in [0.15, 0.2) is 42.5 Å². The lowest BCUT2D eigenvalue weighted by molar-refractivity contribution is -0.114. The van der Waals surface area contributed by atoms with Gasteiger partial charge in [-0.25, -0.2) is 4.39 Å². The SMILES string of the molecule is CC(=O)Nc1c(F)cc(C(N)=O)cc1OCc1ccccc1. The van der Waals surface area contributed by atoms with Crippen molar-refractivity contribution < 1.29 is 18.7 Å². The van der Waals surface area contributed by atoms with E-state index in [1.807, 2.05) is 30.3 Å². The standard InChI is InChI=1S/C16H15FN2O3/c1-10(20)19-15-13(17)7-12(16(18)21)8-14(15)22-9-11-5-3-2-4-6-11/h2-8H,9H2,1H3,(H2,18,21)(H,19,20). The molecule has 0 aromatic heterocycles. The summed E-state index contributed by atoms with van der Waals surface area (Å²) in [7, 11) is 0. The minimum absolute atomic E-state index is 0.0327. The third-order valence-corrected chi connectivity index (χ3v) is 2.88. The number of carbonyl (C=O) groups excluding carboxylic acids is 2. The molecular formula is C16H15FN2O3. The molecule has 2 aromatic carbocycles. The summed E-state index contributed by atoms with van der Waals surface area (Å²) in [5.41, 5.74) is 5.87. The van der Waals surface area contributed by atoms with Crippen LogP contribution in [-0.4, -0.2) is 11.8 Å². The molecule has 5 nitrogen and oxygen atoms in total. The van der Waals surface area contributed by atoms with Crippen LogP contribution in [0.1, 0.15) is 22.8 Å². The van der Waals surface area contributed by atoms with Crippen molar-refractivity contribution in [3.63, 3.8) is 0 Å². The Morgan fingerprint density at radius 3 is 2.50 bits per heavy atom. The number of halogens is 1. The molecule has 0 fully saturated rings. The first-order valence-electron chi connectivity index (χ1n) is 6.55. The summed E-state index contributed by atoms with van der Waals surface area (Å²) in [4.78, 5) is 22.4. The lowest BCUT2D eigenvalue weighted by Crippen LogP contribution is -2.14. The largest absolute Gasteiger partial charge is 0.487 e. The molecule has 2 aromatic rings. The van der Waals surface area contributed by atoms with Crippen molar-refractivity contribution in [3.8, 4) is 5.75 Å². The van der Waals surface area contributed by atoms with Crippen molar-refractivity contribution in [1.82, 2.24) is 0 Å². The predicted octanol–water partition coefficient (Wildman–Crippen LogP) is 2.46. The Morgan fingerprint density at radius 2 is 1.91 bits per heavy atom. The van der Waals surface area contributed by atoms with Gasteiger partial charge in [-0.15, -0.1) is 0 Å². The lowest BCUT2D eigenvalue weighted by atomic mass is 10.1. The molecule has 0 heterocycles. The van der Waals surface area contributed by atoms with Gasteiger partial charge in [0.25, 0.3) is 0 Å². The molecule has 22 heavy (non-hydrogen) atoms. The molecule has 0 saturated heterocycles. The number of carbonyl (C=O) groups is 2. The highest BCUT2D eigenvalue weighted by Crippen LogP contribution is 2.30. The summed E-state index contributed by atoms with van der Waals surface area (Å²) < 4.78 is 19.6. The Kier molecular flexibility index (Phi) is 4.73. The zero-order valence-corrected chi connectivity index (χ0v) is 11.9. The normalized spacial score (nSPS) is 10.1. The number of anilines is 1. The van der Waals surface area contributed by atoms with Gasteiger partial charge in [0.2, 0.25) is 11.8 Å². The maximum atomic E-state index is 14.1. The molecule has 0 atom stereocenters. The highest BCUT2D eigenvalue weighted by Gasteiger charge is 2.16. The van der Waals surface area contributed by atoms with E-state index < -0.39 is 17.6 Å². The van der Waals surface area contributed by atoms with E-state index in [9.17, 15) is 14.0 Å². The second-order valence-electron chi connectivity index (χ2n) is 4.65. The van der Waals surface area contributed by atoms with Gasteiger partial charge in [-0.1, -0.05) is 30.3 Å². The van der Waals surface area contributed by atoms with Gasteiger partial charge in [0.1, 0.15) is 18.0 Å². The molecule has 6 heteroatoms. The van der Waals surface area contributed by atoms with Gasteiger partial charge >= 0.3 is 0 Å². The second kappa shape index (κ2) is 6.71. The van der Waals surface area contributed by atoms with E-state index in [-0.39, 0.29) is 23.6 Å². The molecule has 0 aliphatic rings. The first-order valence-corrected chi connectivity index (χ1v) is 6.55. The van der Waals surface area contributed by atoms with Crippen LogP contribution >= 0.6 is 0 Å². The van der Waals surface area contributed by atoms with Crippen LogP contribution in [-0.2, 0) is 11.4 Å². The minimum atomic E-state index is -0.783. The first kappa shape index (κ1) is 15.5. The average molecular weight is 302 g/mol. The molecule has 2 rings (SSSR count). The highest BCUT2D eigenvalue weighted by molar-refractivity contribution is 5.96. The van der Waals surface area contributed by atoms with E-state index in [0.29, 0.717) is 0 Å². The Morgan fingerprint density at radius 1 is 1.23 bits per heavy atom. The zero-order chi connectivity index (χ0) is 16.1. The van der Waals surface area contributed by atoms with Gasteiger partial charge in [-0.3, -0.25) is 9.59 Å². The van der Waals surface area contributed by atoms with E-state index in [4.69, 9.17) is 10.5 Å². The fourth-order valence-electron chi connectivity index (χ4n) is 1.87. The summed E-state index contributed by atoms with van der Waals surface area (Å²) in [5.74, 6) is -1.96. The molecule has 0 spiro atoms. The Balaban J connectivity index is 2.33. The van der Waals surface area contributed by atoms with Crippen molar-refractivity contribution in [2.45, 2.75) is 13.5 Å². The molecule has 0 bridgehead atoms. The van der Waals surface area contributed by atoms with E-state index in [0.717, 1.165) is 11.6 Å². The summed E-state index contributed by atoms with van der Waals surface area (Å²) in [5, 5.41) is 2.35. The van der Waals surface area contributed by atoms with Gasteiger partial charge in [-0.05, 0) is 17.7 Å². The number of hydrogen-bond donors (Lipinski definition) is 2. The summed E-state index contributed by atoms with van der Waals surface area (Å²) in [6.07, 6.45) is 0. The van der Waals surface area contributed by atoms with E-state index in [1.54, 1.807) is 0 Å². The van der Waals surface area contributed by atoms with Crippen molar-refractivity contribution >= 4 is 17.5 Å². The smallest absolute Gasteiger partial charge is 0.248 e. The number of rotatable bonds is 5. The molecular weight excluding hydrogens is 287 g/mol.